The van der Waals surface area contributed by atoms with Crippen molar-refractivity contribution in [1.82, 2.24) is 9.62 Å². The molecule has 0 aliphatic rings. The number of nitrogens with zero attached hydrogens (tertiary/aromatic N) is 1. The summed E-state index contributed by atoms with van der Waals surface area (Å²) in [4.78, 5) is 2.00. The van der Waals surface area contributed by atoms with Crippen LogP contribution in [0.3, 0.4) is 0 Å². The number of sulfonamides is 1. The van der Waals surface area contributed by atoms with Crippen LogP contribution in [0.1, 0.15) is 20.3 Å². The summed E-state index contributed by atoms with van der Waals surface area (Å²) in [5, 5.41) is 0. The highest BCUT2D eigenvalue weighted by molar-refractivity contribution is 7.88. The Morgan fingerprint density at radius 3 is 2.20 bits per heavy atom. The van der Waals surface area contributed by atoms with Crippen LogP contribution in [0.4, 0.5) is 0 Å². The second-order valence-electron chi connectivity index (χ2n) is 3.63. The normalized spacial score (nSPS) is 13.9. The number of hydrogen-bond acceptors (Lipinski definition) is 3. The predicted molar refractivity (Wildman–Crippen MR) is 63.8 cm³/mol. The SMILES string of the molecule is CC/C(=C\C=C(/C)NS(C)(=O)=O)N(C)C. The molecule has 0 saturated carbocycles. The maximum Gasteiger partial charge on any atom is 0.229 e. The summed E-state index contributed by atoms with van der Waals surface area (Å²) in [6.45, 7) is 3.78. The monoisotopic (exact) mass is 232 g/mol. The van der Waals surface area contributed by atoms with Crippen LogP contribution in [0.2, 0.25) is 0 Å². The topological polar surface area (TPSA) is 49.4 Å². The lowest BCUT2D eigenvalue weighted by molar-refractivity contribution is 0.494. The molecule has 0 spiro atoms. The molecule has 5 heteroatoms. The fourth-order valence-electron chi connectivity index (χ4n) is 1.13. The van der Waals surface area contributed by atoms with Gasteiger partial charge in [-0.3, -0.25) is 4.72 Å². The minimum atomic E-state index is -3.16. The molecule has 0 unspecified atom stereocenters. The molecule has 0 amide bonds. The Bertz CT molecular complexity index is 354. The number of hydrogen-bond donors (Lipinski definition) is 1. The van der Waals surface area contributed by atoms with Crippen LogP contribution in [-0.2, 0) is 10.0 Å². The molecule has 0 atom stereocenters. The molecular weight excluding hydrogens is 212 g/mol. The average molecular weight is 232 g/mol. The van der Waals surface area contributed by atoms with Crippen LogP contribution in [0.5, 0.6) is 0 Å². The molecule has 0 fully saturated rings. The highest BCUT2D eigenvalue weighted by Gasteiger charge is 1.99. The Kier molecular flexibility index (Phi) is 5.43. The number of nitrogens with one attached hydrogen (secondary N) is 1. The van der Waals surface area contributed by atoms with Crippen LogP contribution in [0.15, 0.2) is 23.5 Å². The van der Waals surface area contributed by atoms with Crippen LogP contribution in [0, 0.1) is 0 Å². The molecule has 0 aliphatic heterocycles. The minimum absolute atomic E-state index is 0.616. The Balaban J connectivity index is 4.63. The molecule has 0 bridgehead atoms. The lowest BCUT2D eigenvalue weighted by Gasteiger charge is -2.14. The van der Waals surface area contributed by atoms with Gasteiger partial charge in [0.1, 0.15) is 0 Å². The van der Waals surface area contributed by atoms with Crippen molar-refractivity contribution in [2.45, 2.75) is 20.3 Å². The summed E-state index contributed by atoms with van der Waals surface area (Å²) in [6, 6.07) is 0. The van der Waals surface area contributed by atoms with Gasteiger partial charge in [0, 0.05) is 25.5 Å². The minimum Gasteiger partial charge on any atom is -0.381 e. The van der Waals surface area contributed by atoms with Crippen LogP contribution in [-0.4, -0.2) is 33.7 Å². The Labute approximate surface area is 92.7 Å². The third kappa shape index (κ3) is 7.02. The zero-order chi connectivity index (χ0) is 12.1. The van der Waals surface area contributed by atoms with Crippen LogP contribution in [0.25, 0.3) is 0 Å². The predicted octanol–water partition coefficient (Wildman–Crippen LogP) is 1.29. The quantitative estimate of drug-likeness (QED) is 0.727. The van der Waals surface area contributed by atoms with Gasteiger partial charge in [0.15, 0.2) is 0 Å². The molecule has 0 aromatic rings. The first-order valence-corrected chi connectivity index (χ1v) is 6.68. The van der Waals surface area contributed by atoms with Crippen molar-refractivity contribution in [2.24, 2.45) is 0 Å². The van der Waals surface area contributed by atoms with Crippen LogP contribution >= 0.6 is 0 Å². The first kappa shape index (κ1) is 14.0. The van der Waals surface area contributed by atoms with Crippen molar-refractivity contribution in [1.29, 1.82) is 0 Å². The van der Waals surface area contributed by atoms with Crippen molar-refractivity contribution < 1.29 is 8.42 Å². The van der Waals surface area contributed by atoms with E-state index in [1.54, 1.807) is 13.0 Å². The van der Waals surface area contributed by atoms with Gasteiger partial charge in [-0.2, -0.15) is 0 Å². The van der Waals surface area contributed by atoms with Gasteiger partial charge in [-0.25, -0.2) is 8.42 Å². The molecule has 0 aromatic carbocycles. The molecule has 1 N–H and O–H groups in total. The van der Waals surface area contributed by atoms with E-state index in [4.69, 9.17) is 0 Å². The summed E-state index contributed by atoms with van der Waals surface area (Å²) in [7, 11) is 0.762. The Morgan fingerprint density at radius 2 is 1.87 bits per heavy atom. The van der Waals surface area contributed by atoms with Crippen molar-refractivity contribution in [2.75, 3.05) is 20.4 Å². The zero-order valence-electron chi connectivity index (χ0n) is 10.0. The summed E-state index contributed by atoms with van der Waals surface area (Å²) in [5.74, 6) is 0. The van der Waals surface area contributed by atoms with Crippen LogP contribution < -0.4 is 4.72 Å². The molecule has 15 heavy (non-hydrogen) atoms. The highest BCUT2D eigenvalue weighted by atomic mass is 32.2. The molecule has 88 valence electrons. The summed E-state index contributed by atoms with van der Waals surface area (Å²) in [5.41, 5.74) is 1.76. The molecular formula is C10H20N2O2S. The largest absolute Gasteiger partial charge is 0.381 e. The lowest BCUT2D eigenvalue weighted by atomic mass is 10.3. The van der Waals surface area contributed by atoms with Gasteiger partial charge in [0.05, 0.1) is 6.26 Å². The number of allylic oxidation sites excluding steroid dienone is 4. The summed E-state index contributed by atoms with van der Waals surface area (Å²) >= 11 is 0. The lowest BCUT2D eigenvalue weighted by Crippen LogP contribution is -2.19. The second kappa shape index (κ2) is 5.80. The van der Waals surface area contributed by atoms with Crippen molar-refractivity contribution >= 4 is 10.0 Å². The van der Waals surface area contributed by atoms with Crippen molar-refractivity contribution in [3.8, 4) is 0 Å². The fourth-order valence-corrected chi connectivity index (χ4v) is 1.78. The molecule has 4 nitrogen and oxygen atoms in total. The van der Waals surface area contributed by atoms with E-state index in [-0.39, 0.29) is 0 Å². The van der Waals surface area contributed by atoms with Gasteiger partial charge in [-0.15, -0.1) is 0 Å². The molecule has 0 saturated heterocycles. The van der Waals surface area contributed by atoms with Gasteiger partial charge >= 0.3 is 0 Å². The van der Waals surface area contributed by atoms with E-state index in [0.717, 1.165) is 18.4 Å². The summed E-state index contributed by atoms with van der Waals surface area (Å²) in [6.07, 6.45) is 5.73. The Morgan fingerprint density at radius 1 is 1.33 bits per heavy atom. The molecule has 0 heterocycles. The average Bonchev–Trinajstić information content (AvgIpc) is 2.01. The third-order valence-corrected chi connectivity index (χ3v) is 2.50. The second-order valence-corrected chi connectivity index (χ2v) is 5.38. The van der Waals surface area contributed by atoms with Gasteiger partial charge in [-0.05, 0) is 25.5 Å². The first-order chi connectivity index (χ1) is 6.76. The van der Waals surface area contributed by atoms with Crippen molar-refractivity contribution in [3.63, 3.8) is 0 Å². The van der Waals surface area contributed by atoms with E-state index < -0.39 is 10.0 Å². The summed E-state index contributed by atoms with van der Waals surface area (Å²) < 4.78 is 24.2. The Hall–Kier alpha value is -0.970. The molecule has 0 rings (SSSR count). The van der Waals surface area contributed by atoms with E-state index in [9.17, 15) is 8.42 Å². The molecule has 0 aliphatic carbocycles. The van der Waals surface area contributed by atoms with E-state index in [1.807, 2.05) is 25.1 Å². The van der Waals surface area contributed by atoms with E-state index >= 15 is 0 Å². The van der Waals surface area contributed by atoms with Crippen molar-refractivity contribution in [3.05, 3.63) is 23.5 Å². The van der Waals surface area contributed by atoms with Gasteiger partial charge in [0.25, 0.3) is 0 Å². The van der Waals surface area contributed by atoms with E-state index in [1.165, 1.54) is 0 Å². The highest BCUT2D eigenvalue weighted by Crippen LogP contribution is 2.04. The van der Waals surface area contributed by atoms with Gasteiger partial charge in [-0.1, -0.05) is 6.92 Å². The maximum absolute atomic E-state index is 10.9. The standard InChI is InChI=1S/C10H20N2O2S/c1-6-10(12(3)4)8-7-9(2)11-15(5,13)14/h7-8,11H,6H2,1-5H3/b9-7+,10-8+. The molecule has 0 radical (unpaired) electrons. The van der Waals surface area contributed by atoms with E-state index in [0.29, 0.717) is 5.70 Å². The first-order valence-electron chi connectivity index (χ1n) is 4.79. The van der Waals surface area contributed by atoms with Gasteiger partial charge in [0.2, 0.25) is 10.0 Å². The third-order valence-electron chi connectivity index (χ3n) is 1.81. The molecule has 0 aromatic heterocycles. The smallest absolute Gasteiger partial charge is 0.229 e. The zero-order valence-corrected chi connectivity index (χ0v) is 10.9. The van der Waals surface area contributed by atoms with E-state index in [2.05, 4.69) is 11.6 Å². The maximum atomic E-state index is 10.9. The fraction of sp³-hybridized carbons (Fsp3) is 0.600. The number of rotatable bonds is 5. The van der Waals surface area contributed by atoms with Gasteiger partial charge < -0.3 is 4.90 Å².